The van der Waals surface area contributed by atoms with Gasteiger partial charge in [-0.15, -0.1) is 11.8 Å². The Morgan fingerprint density at radius 2 is 1.82 bits per heavy atom. The Morgan fingerprint density at radius 3 is 2.36 bits per heavy atom. The number of anilines is 1. The fourth-order valence-corrected chi connectivity index (χ4v) is 4.66. The molecule has 9 nitrogen and oxygen atoms in total. The van der Waals surface area contributed by atoms with Crippen LogP contribution in [0.3, 0.4) is 0 Å². The highest BCUT2D eigenvalue weighted by Gasteiger charge is 2.37. The summed E-state index contributed by atoms with van der Waals surface area (Å²) in [5, 5.41) is 11.1. The zero-order valence-corrected chi connectivity index (χ0v) is 20.6. The summed E-state index contributed by atoms with van der Waals surface area (Å²) in [6.07, 6.45) is -1.16. The normalized spacial score (nSPS) is 18.4. The highest BCUT2D eigenvalue weighted by atomic mass is 35.7. The molecule has 2 N–H and O–H groups in total. The number of carbonyl (C=O) groups excluding carboxylic acids is 1. The number of methoxy groups -OCH3 is 1. The van der Waals surface area contributed by atoms with E-state index in [2.05, 4.69) is 11.8 Å². The molecule has 0 saturated heterocycles. The van der Waals surface area contributed by atoms with Crippen molar-refractivity contribution in [3.8, 4) is 5.75 Å². The summed E-state index contributed by atoms with van der Waals surface area (Å²) < 4.78 is 37.9. The monoisotopic (exact) mass is 520 g/mol. The first kappa shape index (κ1) is 27.6. The summed E-state index contributed by atoms with van der Waals surface area (Å²) >= 11 is 7.69. The second-order valence-corrected chi connectivity index (χ2v) is 9.56. The van der Waals surface area contributed by atoms with E-state index < -0.39 is 21.6 Å². The number of carbonyl (C=O) groups is 1. The van der Waals surface area contributed by atoms with E-state index in [0.29, 0.717) is 11.6 Å². The van der Waals surface area contributed by atoms with Gasteiger partial charge < -0.3 is 19.6 Å². The molecule has 1 aliphatic rings. The summed E-state index contributed by atoms with van der Waals surface area (Å²) in [4.78, 5) is 17.9. The number of rotatable bonds is 6. The van der Waals surface area contributed by atoms with Crippen molar-refractivity contribution < 1.29 is 43.5 Å². The number of hydrogen-bond donors (Lipinski definition) is 2. The standard InChI is InChI=1S/C21H25ClN2O3S.ClHO4/c1-4-23(2)11-12-24-17-10-7-15(22)13-18(17)28-20(19(25)21(24)26)14-5-8-16(27-3)9-6-14;2-1(3,4)5/h5-10,13,19-20,25H,4,11-12H2,1-3H3;(H,2,3,4,5)/t19-,20+;/m0./s1. The van der Waals surface area contributed by atoms with Gasteiger partial charge in [-0.25, -0.2) is 0 Å². The Bertz CT molecular complexity index is 922. The molecule has 0 aliphatic carbocycles. The fraction of sp³-hybridized carbons (Fsp3) is 0.381. The van der Waals surface area contributed by atoms with E-state index >= 15 is 0 Å². The molecule has 0 aromatic heterocycles. The third kappa shape index (κ3) is 8.29. The molecule has 1 heterocycles. The number of nitrogens with zero attached hydrogens (tertiary/aromatic N) is 2. The van der Waals surface area contributed by atoms with Crippen LogP contribution in [0.5, 0.6) is 5.75 Å². The molecule has 182 valence electrons. The van der Waals surface area contributed by atoms with Crippen LogP contribution in [0.25, 0.3) is 0 Å². The maximum atomic E-state index is 13.2. The number of fused-ring (bicyclic) bond motifs is 1. The average Bonchev–Trinajstić information content (AvgIpc) is 2.85. The molecule has 0 bridgehead atoms. The molecule has 2 atom stereocenters. The van der Waals surface area contributed by atoms with Crippen LogP contribution in [0.2, 0.25) is 5.02 Å². The maximum absolute atomic E-state index is 13.2. The largest absolute Gasteiger partial charge is 0.497 e. The van der Waals surface area contributed by atoms with E-state index in [1.54, 1.807) is 18.1 Å². The minimum atomic E-state index is -4.69. The lowest BCUT2D eigenvalue weighted by Gasteiger charge is -2.27. The zero-order valence-electron chi connectivity index (χ0n) is 18.3. The van der Waals surface area contributed by atoms with Gasteiger partial charge >= 0.3 is 0 Å². The van der Waals surface area contributed by atoms with Gasteiger partial charge in [0.2, 0.25) is 0 Å². The van der Waals surface area contributed by atoms with Gasteiger partial charge in [0.1, 0.15) is 11.9 Å². The lowest BCUT2D eigenvalue weighted by molar-refractivity contribution is -1.92. The van der Waals surface area contributed by atoms with E-state index in [1.165, 1.54) is 11.8 Å². The average molecular weight is 521 g/mol. The Balaban J connectivity index is 0.000000696. The van der Waals surface area contributed by atoms with Gasteiger partial charge in [0, 0.05) is 23.0 Å². The highest BCUT2D eigenvalue weighted by Crippen LogP contribution is 2.46. The van der Waals surface area contributed by atoms with E-state index in [4.69, 9.17) is 35.0 Å². The molecule has 2 aromatic rings. The number of hydrogen-bond acceptors (Lipinski definition) is 9. The Morgan fingerprint density at radius 1 is 1.21 bits per heavy atom. The molecule has 33 heavy (non-hydrogen) atoms. The predicted molar refractivity (Wildman–Crippen MR) is 117 cm³/mol. The number of benzene rings is 2. The molecular formula is C21H26Cl2N2O7S. The van der Waals surface area contributed by atoms with Crippen LogP contribution in [0.15, 0.2) is 47.4 Å². The number of aliphatic hydroxyl groups is 1. The first-order valence-electron chi connectivity index (χ1n) is 9.86. The molecule has 0 spiro atoms. The number of likely N-dealkylation sites (N-methyl/N-ethyl adjacent to an activating group) is 1. The number of halogens is 2. The lowest BCUT2D eigenvalue weighted by Crippen LogP contribution is -2.58. The van der Waals surface area contributed by atoms with Crippen molar-refractivity contribution in [2.45, 2.75) is 23.2 Å². The van der Waals surface area contributed by atoms with Gasteiger partial charge in [-0.1, -0.05) is 30.7 Å². The van der Waals surface area contributed by atoms with Gasteiger partial charge in [-0.05, 0) is 49.5 Å². The van der Waals surface area contributed by atoms with Crippen LogP contribution in [0.1, 0.15) is 17.7 Å². The van der Waals surface area contributed by atoms with Crippen molar-refractivity contribution in [3.63, 3.8) is 0 Å². The summed E-state index contributed by atoms with van der Waals surface area (Å²) in [6.45, 7) is 4.18. The summed E-state index contributed by atoms with van der Waals surface area (Å²) in [6, 6.07) is 13.0. The van der Waals surface area contributed by atoms with Gasteiger partial charge in [0.05, 0.1) is 32.9 Å². The smallest absolute Gasteiger partial charge is 0.257 e. The molecule has 0 saturated carbocycles. The van der Waals surface area contributed by atoms with E-state index in [0.717, 1.165) is 35.0 Å². The van der Waals surface area contributed by atoms with Gasteiger partial charge in [-0.3, -0.25) is 4.79 Å². The van der Waals surface area contributed by atoms with Crippen LogP contribution in [0.4, 0.5) is 5.69 Å². The van der Waals surface area contributed by atoms with Gasteiger partial charge in [0.15, 0.2) is 0 Å². The molecule has 2 aromatic carbocycles. The molecule has 0 fully saturated rings. The predicted octanol–water partition coefficient (Wildman–Crippen LogP) is -0.283. The third-order valence-electron chi connectivity index (χ3n) is 4.96. The van der Waals surface area contributed by atoms with Crippen LogP contribution in [-0.4, -0.2) is 60.5 Å². The molecule has 1 amide bonds. The van der Waals surface area contributed by atoms with Crippen LogP contribution in [-0.2, 0) is 4.79 Å². The second-order valence-electron chi connectivity index (χ2n) is 7.15. The van der Waals surface area contributed by atoms with Crippen molar-refractivity contribution in [2.24, 2.45) is 0 Å². The third-order valence-corrected chi connectivity index (χ3v) is 6.56. The number of thioether (sulfide) groups is 1. The minimum absolute atomic E-state index is 0.293. The summed E-state index contributed by atoms with van der Waals surface area (Å²) in [7, 11) is -1.08. The fourth-order valence-electron chi connectivity index (χ4n) is 3.12. The zero-order chi connectivity index (χ0) is 24.8. The van der Waals surface area contributed by atoms with Gasteiger partial charge in [0.25, 0.3) is 5.91 Å². The molecule has 3 rings (SSSR count). The molecule has 1 aliphatic heterocycles. The van der Waals surface area contributed by atoms with Crippen molar-refractivity contribution in [1.82, 2.24) is 4.90 Å². The molecule has 12 heteroatoms. The van der Waals surface area contributed by atoms with Crippen molar-refractivity contribution in [1.29, 1.82) is 0 Å². The first-order valence-corrected chi connectivity index (χ1v) is 12.4. The first-order chi connectivity index (χ1) is 15.4. The van der Waals surface area contributed by atoms with Crippen LogP contribution < -0.4 is 23.6 Å². The van der Waals surface area contributed by atoms with Crippen LogP contribution >= 0.6 is 23.4 Å². The Labute approximate surface area is 203 Å². The Kier molecular flexibility index (Phi) is 10.2. The Hall–Kier alpha value is -1.60. The van der Waals surface area contributed by atoms with Crippen molar-refractivity contribution in [3.05, 3.63) is 53.1 Å². The topological polar surface area (TPSA) is 142 Å². The van der Waals surface area contributed by atoms with E-state index in [1.807, 2.05) is 43.4 Å². The van der Waals surface area contributed by atoms with Crippen molar-refractivity contribution in [2.75, 3.05) is 38.7 Å². The number of aliphatic hydroxyl groups excluding tert-OH is 1. The summed E-state index contributed by atoms with van der Waals surface area (Å²) in [5.41, 5.74) is 1.66. The lowest BCUT2D eigenvalue weighted by atomic mass is 10.1. The highest BCUT2D eigenvalue weighted by molar-refractivity contribution is 7.99. The maximum Gasteiger partial charge on any atom is 0.257 e. The van der Waals surface area contributed by atoms with E-state index in [9.17, 15) is 9.90 Å². The quantitative estimate of drug-likeness (QED) is 0.525. The van der Waals surface area contributed by atoms with Gasteiger partial charge in [-0.2, -0.15) is 14.0 Å². The number of ether oxygens (including phenoxy) is 1. The SMILES string of the molecule is CCN(C)CCN1C(=O)[C@@H](O)[C@@H](c2ccc(OC)cc2)Sc2cc(Cl)ccc21.[O-][Cl+3]([O-])([O-])O. The summed E-state index contributed by atoms with van der Waals surface area (Å²) in [5.74, 6) is 0.440. The van der Waals surface area contributed by atoms with Crippen LogP contribution in [0, 0.1) is 10.2 Å². The minimum Gasteiger partial charge on any atom is -0.497 e. The molecule has 0 radical (unpaired) electrons. The molecular weight excluding hydrogens is 495 g/mol. The van der Waals surface area contributed by atoms with Crippen molar-refractivity contribution >= 4 is 35.0 Å². The van der Waals surface area contributed by atoms with E-state index in [-0.39, 0.29) is 5.91 Å². The number of amides is 1. The molecule has 0 unspecified atom stereocenters. The second kappa shape index (κ2) is 12.2.